The lowest BCUT2D eigenvalue weighted by molar-refractivity contribution is -0.0430. The molecule has 2 unspecified atom stereocenters. The van der Waals surface area contributed by atoms with E-state index in [9.17, 15) is 10.2 Å². The van der Waals surface area contributed by atoms with Crippen molar-refractivity contribution >= 4 is 0 Å². The van der Waals surface area contributed by atoms with E-state index in [2.05, 4.69) is 4.90 Å². The lowest BCUT2D eigenvalue weighted by atomic mass is 9.79. The molecule has 0 aromatic rings. The second kappa shape index (κ2) is 7.63. The van der Waals surface area contributed by atoms with Crippen LogP contribution in [0.5, 0.6) is 0 Å². The molecule has 22 heavy (non-hydrogen) atoms. The summed E-state index contributed by atoms with van der Waals surface area (Å²) < 4.78 is 0. The minimum atomic E-state index is -0.583. The molecule has 0 amide bonds. The van der Waals surface area contributed by atoms with Gasteiger partial charge in [-0.05, 0) is 37.6 Å². The molecule has 0 aromatic carbocycles. The highest BCUT2D eigenvalue weighted by Gasteiger charge is 2.34. The van der Waals surface area contributed by atoms with Gasteiger partial charge >= 0.3 is 0 Å². The predicted octanol–water partition coefficient (Wildman–Crippen LogP) is 3.33. The average molecular weight is 309 g/mol. The molecule has 2 aliphatic carbocycles. The summed E-state index contributed by atoms with van der Waals surface area (Å²) >= 11 is 0. The first-order valence-electron chi connectivity index (χ1n) is 9.77. The minimum Gasteiger partial charge on any atom is -0.392 e. The summed E-state index contributed by atoms with van der Waals surface area (Å²) in [5, 5.41) is 21.0. The van der Waals surface area contributed by atoms with Crippen molar-refractivity contribution in [1.29, 1.82) is 0 Å². The van der Waals surface area contributed by atoms with Crippen molar-refractivity contribution in [3.63, 3.8) is 0 Å². The number of likely N-dealkylation sites (tertiary alicyclic amines) is 1. The Balaban J connectivity index is 1.41. The Hall–Kier alpha value is -0.120. The zero-order valence-electron chi connectivity index (χ0n) is 14.2. The van der Waals surface area contributed by atoms with Crippen LogP contribution in [0.4, 0.5) is 0 Å². The maximum atomic E-state index is 10.6. The largest absolute Gasteiger partial charge is 0.392 e. The Morgan fingerprint density at radius 1 is 0.909 bits per heavy atom. The van der Waals surface area contributed by atoms with Crippen LogP contribution in [0.15, 0.2) is 0 Å². The predicted molar refractivity (Wildman–Crippen MR) is 89.8 cm³/mol. The fraction of sp³-hybridized carbons (Fsp3) is 1.00. The maximum Gasteiger partial charge on any atom is 0.0694 e. The summed E-state index contributed by atoms with van der Waals surface area (Å²) in [6, 6.07) is 0. The van der Waals surface area contributed by atoms with E-state index in [4.69, 9.17) is 0 Å². The molecule has 128 valence electrons. The fourth-order valence-electron chi connectivity index (χ4n) is 5.23. The first kappa shape index (κ1) is 16.7. The van der Waals surface area contributed by atoms with Crippen molar-refractivity contribution in [3.05, 3.63) is 0 Å². The van der Waals surface area contributed by atoms with E-state index in [0.717, 1.165) is 50.6 Å². The summed E-state index contributed by atoms with van der Waals surface area (Å²) in [6.07, 6.45) is 14.0. The van der Waals surface area contributed by atoms with Gasteiger partial charge in [0, 0.05) is 19.5 Å². The van der Waals surface area contributed by atoms with Gasteiger partial charge in [0.25, 0.3) is 0 Å². The van der Waals surface area contributed by atoms with Crippen LogP contribution in [0.1, 0.15) is 77.0 Å². The van der Waals surface area contributed by atoms with Crippen molar-refractivity contribution in [2.45, 2.75) is 88.8 Å². The molecule has 0 radical (unpaired) electrons. The molecule has 2 saturated carbocycles. The number of hydrogen-bond donors (Lipinski definition) is 2. The third-order valence-electron chi connectivity index (χ3n) is 6.49. The summed E-state index contributed by atoms with van der Waals surface area (Å²) in [4.78, 5) is 2.45. The topological polar surface area (TPSA) is 43.7 Å². The van der Waals surface area contributed by atoms with Gasteiger partial charge in [0.05, 0.1) is 11.7 Å². The molecule has 1 saturated heterocycles. The fourth-order valence-corrected chi connectivity index (χ4v) is 5.23. The molecule has 3 heteroatoms. The smallest absolute Gasteiger partial charge is 0.0694 e. The van der Waals surface area contributed by atoms with E-state index < -0.39 is 5.60 Å². The van der Waals surface area contributed by atoms with Gasteiger partial charge in [0.2, 0.25) is 0 Å². The standard InChI is InChI=1S/C19H35NO2/c21-18(13-19(22)10-5-2-6-11-19)15-20-12-9-17(14-20)16-7-3-1-4-8-16/h16-18,21-22H,1-15H2. The Labute approximate surface area is 136 Å². The van der Waals surface area contributed by atoms with E-state index in [1.54, 1.807) is 0 Å². The molecule has 3 fully saturated rings. The zero-order chi connectivity index (χ0) is 15.4. The molecule has 0 aromatic heterocycles. The Morgan fingerprint density at radius 2 is 1.59 bits per heavy atom. The van der Waals surface area contributed by atoms with Crippen LogP contribution < -0.4 is 0 Å². The summed E-state index contributed by atoms with van der Waals surface area (Å²) in [5.74, 6) is 1.81. The van der Waals surface area contributed by atoms with Gasteiger partial charge in [-0.25, -0.2) is 0 Å². The number of aliphatic hydroxyl groups excluding tert-OH is 1. The van der Waals surface area contributed by atoms with Gasteiger partial charge in [-0.15, -0.1) is 0 Å². The van der Waals surface area contributed by atoms with E-state index in [1.165, 1.54) is 51.5 Å². The number of rotatable bonds is 5. The molecule has 2 N–H and O–H groups in total. The van der Waals surface area contributed by atoms with Crippen LogP contribution in [-0.4, -0.2) is 46.5 Å². The van der Waals surface area contributed by atoms with Crippen LogP contribution in [0.3, 0.4) is 0 Å². The molecular weight excluding hydrogens is 274 g/mol. The molecule has 0 bridgehead atoms. The quantitative estimate of drug-likeness (QED) is 0.818. The van der Waals surface area contributed by atoms with E-state index in [1.807, 2.05) is 0 Å². The molecule has 2 atom stereocenters. The monoisotopic (exact) mass is 309 g/mol. The van der Waals surface area contributed by atoms with Gasteiger partial charge < -0.3 is 15.1 Å². The highest BCUT2D eigenvalue weighted by atomic mass is 16.3. The Morgan fingerprint density at radius 3 is 2.32 bits per heavy atom. The third kappa shape index (κ3) is 4.46. The highest BCUT2D eigenvalue weighted by molar-refractivity contribution is 4.88. The molecule has 3 nitrogen and oxygen atoms in total. The molecule has 3 rings (SSSR count). The van der Waals surface area contributed by atoms with Crippen molar-refractivity contribution in [2.75, 3.05) is 19.6 Å². The molecule has 1 aliphatic heterocycles. The molecule has 0 spiro atoms. The van der Waals surface area contributed by atoms with Crippen molar-refractivity contribution in [2.24, 2.45) is 11.8 Å². The van der Waals surface area contributed by atoms with Crippen LogP contribution in [0.2, 0.25) is 0 Å². The van der Waals surface area contributed by atoms with E-state index >= 15 is 0 Å². The first-order chi connectivity index (χ1) is 10.6. The van der Waals surface area contributed by atoms with Crippen molar-refractivity contribution in [1.82, 2.24) is 4.90 Å². The van der Waals surface area contributed by atoms with Gasteiger partial charge in [-0.1, -0.05) is 51.4 Å². The normalized spacial score (nSPS) is 32.2. The van der Waals surface area contributed by atoms with E-state index in [-0.39, 0.29) is 6.10 Å². The second-order valence-corrected chi connectivity index (χ2v) is 8.35. The van der Waals surface area contributed by atoms with Gasteiger partial charge in [0.1, 0.15) is 0 Å². The Kier molecular flexibility index (Phi) is 5.80. The van der Waals surface area contributed by atoms with Crippen LogP contribution >= 0.6 is 0 Å². The van der Waals surface area contributed by atoms with Crippen LogP contribution in [-0.2, 0) is 0 Å². The van der Waals surface area contributed by atoms with Crippen molar-refractivity contribution < 1.29 is 10.2 Å². The van der Waals surface area contributed by atoms with Gasteiger partial charge in [-0.3, -0.25) is 0 Å². The van der Waals surface area contributed by atoms with Gasteiger partial charge in [-0.2, -0.15) is 0 Å². The summed E-state index contributed by atoms with van der Waals surface area (Å²) in [6.45, 7) is 3.10. The first-order valence-corrected chi connectivity index (χ1v) is 9.77. The number of aliphatic hydroxyl groups is 2. The number of β-amino-alcohol motifs (C(OH)–C–C–N with tert-alkyl or cyclic N) is 1. The van der Waals surface area contributed by atoms with E-state index in [0.29, 0.717) is 6.42 Å². The average Bonchev–Trinajstić information content (AvgIpc) is 2.96. The highest BCUT2D eigenvalue weighted by Crippen LogP contribution is 2.36. The lowest BCUT2D eigenvalue weighted by Gasteiger charge is -2.34. The number of hydrogen-bond acceptors (Lipinski definition) is 3. The third-order valence-corrected chi connectivity index (χ3v) is 6.49. The second-order valence-electron chi connectivity index (χ2n) is 8.35. The summed E-state index contributed by atoms with van der Waals surface area (Å²) in [5.41, 5.74) is -0.583. The lowest BCUT2D eigenvalue weighted by Crippen LogP contribution is -2.40. The Bertz CT molecular complexity index is 334. The molecule has 3 aliphatic rings. The zero-order valence-corrected chi connectivity index (χ0v) is 14.2. The minimum absolute atomic E-state index is 0.354. The molecule has 1 heterocycles. The van der Waals surface area contributed by atoms with Crippen LogP contribution in [0.25, 0.3) is 0 Å². The maximum absolute atomic E-state index is 10.6. The summed E-state index contributed by atoms with van der Waals surface area (Å²) in [7, 11) is 0. The van der Waals surface area contributed by atoms with Gasteiger partial charge in [0.15, 0.2) is 0 Å². The number of nitrogens with zero attached hydrogens (tertiary/aromatic N) is 1. The van der Waals surface area contributed by atoms with Crippen molar-refractivity contribution in [3.8, 4) is 0 Å². The van der Waals surface area contributed by atoms with Crippen LogP contribution in [0, 0.1) is 11.8 Å². The molecular formula is C19H35NO2. The SMILES string of the molecule is OC(CN1CCC(C2CCCCC2)C1)CC1(O)CCCCC1.